The number of carbonyl (C=O) groups is 1. The molecule has 0 radical (unpaired) electrons. The molecule has 6 nitrogen and oxygen atoms in total. The summed E-state index contributed by atoms with van der Waals surface area (Å²) in [6, 6.07) is 12.7. The first-order chi connectivity index (χ1) is 13.7. The lowest BCUT2D eigenvalue weighted by molar-refractivity contribution is 0.0952. The number of amides is 1. The predicted octanol–water partition coefficient (Wildman–Crippen LogP) is 2.94. The second kappa shape index (κ2) is 8.25. The van der Waals surface area contributed by atoms with Gasteiger partial charge in [0.15, 0.2) is 0 Å². The Hall–Kier alpha value is -3.15. The van der Waals surface area contributed by atoms with Crippen LogP contribution in [0.2, 0.25) is 0 Å². The van der Waals surface area contributed by atoms with E-state index in [0.29, 0.717) is 25.1 Å². The number of carbonyl (C=O) groups excluding carboxylic acids is 1. The van der Waals surface area contributed by atoms with Crippen LogP contribution in [-0.4, -0.2) is 26.8 Å². The standard InChI is InChI=1S/C22H24N4O2/c27-21-7-1-2-11-25(21)12-4-10-23-22(28)19-6-3-5-18(13-19)20-14-24-26(16-20)15-17-8-9-17/h1-3,5-7,11,13-14,16-17H,4,8-10,12,15H2,(H,23,28). The molecule has 0 aliphatic heterocycles. The monoisotopic (exact) mass is 376 g/mol. The topological polar surface area (TPSA) is 68.9 Å². The molecule has 0 bridgehead atoms. The van der Waals surface area contributed by atoms with Gasteiger partial charge in [0.25, 0.3) is 5.91 Å². The molecule has 1 amide bonds. The number of nitrogens with zero attached hydrogens (tertiary/aromatic N) is 3. The van der Waals surface area contributed by atoms with Gasteiger partial charge in [-0.15, -0.1) is 0 Å². The van der Waals surface area contributed by atoms with Crippen LogP contribution in [0.3, 0.4) is 0 Å². The van der Waals surface area contributed by atoms with Crippen molar-refractivity contribution in [3.63, 3.8) is 0 Å². The van der Waals surface area contributed by atoms with Crippen LogP contribution in [0.1, 0.15) is 29.6 Å². The second-order valence-electron chi connectivity index (χ2n) is 7.32. The molecule has 1 saturated carbocycles. The fourth-order valence-corrected chi connectivity index (χ4v) is 3.22. The molecule has 1 N–H and O–H groups in total. The summed E-state index contributed by atoms with van der Waals surface area (Å²) in [5.74, 6) is 0.671. The smallest absolute Gasteiger partial charge is 0.251 e. The van der Waals surface area contributed by atoms with Gasteiger partial charge in [-0.3, -0.25) is 14.3 Å². The molecule has 1 fully saturated rings. The van der Waals surface area contributed by atoms with Crippen molar-refractivity contribution in [3.05, 3.63) is 77.0 Å². The number of hydrogen-bond donors (Lipinski definition) is 1. The number of pyridine rings is 1. The van der Waals surface area contributed by atoms with Crippen LogP contribution in [0, 0.1) is 5.92 Å². The van der Waals surface area contributed by atoms with Gasteiger partial charge < -0.3 is 9.88 Å². The van der Waals surface area contributed by atoms with Crippen LogP contribution in [0.25, 0.3) is 11.1 Å². The average molecular weight is 376 g/mol. The van der Waals surface area contributed by atoms with Crippen molar-refractivity contribution in [2.75, 3.05) is 6.54 Å². The molecule has 1 aliphatic rings. The molecule has 0 unspecified atom stereocenters. The molecule has 2 aromatic heterocycles. The fourth-order valence-electron chi connectivity index (χ4n) is 3.22. The molecule has 28 heavy (non-hydrogen) atoms. The van der Waals surface area contributed by atoms with Crippen molar-refractivity contribution in [2.45, 2.75) is 32.4 Å². The van der Waals surface area contributed by atoms with Gasteiger partial charge in [-0.25, -0.2) is 0 Å². The van der Waals surface area contributed by atoms with Gasteiger partial charge in [-0.05, 0) is 48.9 Å². The first-order valence-electron chi connectivity index (χ1n) is 9.75. The molecule has 3 aromatic rings. The van der Waals surface area contributed by atoms with Gasteiger partial charge in [0.1, 0.15) is 0 Å². The minimum atomic E-state index is -0.104. The van der Waals surface area contributed by atoms with E-state index in [1.165, 1.54) is 18.9 Å². The third kappa shape index (κ3) is 4.57. The molecule has 1 aliphatic carbocycles. The number of nitrogens with one attached hydrogen (secondary N) is 1. The summed E-state index contributed by atoms with van der Waals surface area (Å²) < 4.78 is 3.64. The lowest BCUT2D eigenvalue weighted by Gasteiger charge is -2.08. The van der Waals surface area contributed by atoms with Crippen molar-refractivity contribution in [2.24, 2.45) is 5.92 Å². The van der Waals surface area contributed by atoms with E-state index in [2.05, 4.69) is 10.4 Å². The Kier molecular flexibility index (Phi) is 5.37. The summed E-state index contributed by atoms with van der Waals surface area (Å²) >= 11 is 0. The summed E-state index contributed by atoms with van der Waals surface area (Å²) in [6.07, 6.45) is 8.96. The molecule has 0 spiro atoms. The van der Waals surface area contributed by atoms with E-state index in [0.717, 1.165) is 23.6 Å². The van der Waals surface area contributed by atoms with E-state index in [1.807, 2.05) is 47.4 Å². The van der Waals surface area contributed by atoms with Crippen molar-refractivity contribution < 1.29 is 4.79 Å². The van der Waals surface area contributed by atoms with E-state index in [1.54, 1.807) is 16.8 Å². The van der Waals surface area contributed by atoms with E-state index < -0.39 is 0 Å². The van der Waals surface area contributed by atoms with Gasteiger partial charge in [0.2, 0.25) is 5.56 Å². The van der Waals surface area contributed by atoms with Gasteiger partial charge >= 0.3 is 0 Å². The number of benzene rings is 1. The minimum Gasteiger partial charge on any atom is -0.352 e. The number of aromatic nitrogens is 3. The molecule has 1 aromatic carbocycles. The van der Waals surface area contributed by atoms with Gasteiger partial charge in [0, 0.05) is 49.2 Å². The number of aryl methyl sites for hydroxylation is 1. The van der Waals surface area contributed by atoms with E-state index >= 15 is 0 Å². The van der Waals surface area contributed by atoms with E-state index in [-0.39, 0.29) is 11.5 Å². The Bertz CT molecular complexity index is 1020. The molecule has 6 heteroatoms. The SMILES string of the molecule is O=C(NCCCn1ccccc1=O)c1cccc(-c2cnn(CC3CC3)c2)c1. The molecule has 0 atom stereocenters. The Balaban J connectivity index is 1.33. The minimum absolute atomic E-state index is 0.0243. The second-order valence-corrected chi connectivity index (χ2v) is 7.32. The maximum absolute atomic E-state index is 12.5. The largest absolute Gasteiger partial charge is 0.352 e. The maximum atomic E-state index is 12.5. The zero-order valence-corrected chi connectivity index (χ0v) is 15.8. The first kappa shape index (κ1) is 18.2. The quantitative estimate of drug-likeness (QED) is 0.615. The summed E-state index contributed by atoms with van der Waals surface area (Å²) in [5, 5.41) is 7.36. The molecular formula is C22H24N4O2. The Labute approximate surface area is 163 Å². The number of hydrogen-bond acceptors (Lipinski definition) is 3. The summed E-state index contributed by atoms with van der Waals surface area (Å²) in [4.78, 5) is 24.1. The summed E-state index contributed by atoms with van der Waals surface area (Å²) in [6.45, 7) is 2.08. The Morgan fingerprint density at radius 2 is 2.04 bits per heavy atom. The van der Waals surface area contributed by atoms with Crippen molar-refractivity contribution in [1.29, 1.82) is 0 Å². The third-order valence-corrected chi connectivity index (χ3v) is 4.99. The maximum Gasteiger partial charge on any atom is 0.251 e. The highest BCUT2D eigenvalue weighted by Crippen LogP contribution is 2.31. The first-order valence-corrected chi connectivity index (χ1v) is 9.75. The third-order valence-electron chi connectivity index (χ3n) is 4.99. The molecule has 0 saturated heterocycles. The van der Waals surface area contributed by atoms with Crippen LogP contribution in [-0.2, 0) is 13.1 Å². The molecule has 4 rings (SSSR count). The van der Waals surface area contributed by atoms with E-state index in [9.17, 15) is 9.59 Å². The fraction of sp³-hybridized carbons (Fsp3) is 0.318. The van der Waals surface area contributed by atoms with Crippen LogP contribution in [0.4, 0.5) is 0 Å². The van der Waals surface area contributed by atoms with Crippen molar-refractivity contribution in [1.82, 2.24) is 19.7 Å². The lowest BCUT2D eigenvalue weighted by atomic mass is 10.1. The lowest BCUT2D eigenvalue weighted by Crippen LogP contribution is -2.26. The summed E-state index contributed by atoms with van der Waals surface area (Å²) in [7, 11) is 0. The van der Waals surface area contributed by atoms with Gasteiger partial charge in [0.05, 0.1) is 6.20 Å². The van der Waals surface area contributed by atoms with Crippen LogP contribution in [0.5, 0.6) is 0 Å². The highest BCUT2D eigenvalue weighted by Gasteiger charge is 2.22. The Morgan fingerprint density at radius 1 is 1.14 bits per heavy atom. The van der Waals surface area contributed by atoms with Crippen LogP contribution >= 0.6 is 0 Å². The number of rotatable bonds is 8. The zero-order chi connectivity index (χ0) is 19.3. The van der Waals surface area contributed by atoms with Crippen molar-refractivity contribution in [3.8, 4) is 11.1 Å². The normalized spacial score (nSPS) is 13.4. The molecule has 144 valence electrons. The van der Waals surface area contributed by atoms with Crippen LogP contribution in [0.15, 0.2) is 65.8 Å². The van der Waals surface area contributed by atoms with Crippen LogP contribution < -0.4 is 10.9 Å². The highest BCUT2D eigenvalue weighted by atomic mass is 16.1. The zero-order valence-electron chi connectivity index (χ0n) is 15.8. The van der Waals surface area contributed by atoms with Gasteiger partial charge in [-0.2, -0.15) is 5.10 Å². The molecular weight excluding hydrogens is 352 g/mol. The predicted molar refractivity (Wildman–Crippen MR) is 108 cm³/mol. The average Bonchev–Trinajstić information content (AvgIpc) is 3.41. The van der Waals surface area contributed by atoms with Crippen molar-refractivity contribution >= 4 is 5.91 Å². The Morgan fingerprint density at radius 3 is 2.86 bits per heavy atom. The highest BCUT2D eigenvalue weighted by molar-refractivity contribution is 5.95. The van der Waals surface area contributed by atoms with E-state index in [4.69, 9.17) is 0 Å². The summed E-state index contributed by atoms with van der Waals surface area (Å²) in [5.41, 5.74) is 2.62. The van der Waals surface area contributed by atoms with Gasteiger partial charge in [-0.1, -0.05) is 18.2 Å². The molecule has 2 heterocycles.